The van der Waals surface area contributed by atoms with Crippen LogP contribution in [0.5, 0.6) is 0 Å². The second-order valence-corrected chi connectivity index (χ2v) is 15.2. The average molecular weight is 650 g/mol. The van der Waals surface area contributed by atoms with Crippen LogP contribution in [0, 0.1) is 11.3 Å². The van der Waals surface area contributed by atoms with E-state index in [1.807, 2.05) is 27.7 Å². The average Bonchev–Trinajstić information content (AvgIpc) is 3.64. The second-order valence-electron chi connectivity index (χ2n) is 13.7. The van der Waals surface area contributed by atoms with E-state index in [1.54, 1.807) is 19.1 Å². The van der Waals surface area contributed by atoms with E-state index in [0.717, 1.165) is 32.1 Å². The first-order valence-electron chi connectivity index (χ1n) is 16.1. The summed E-state index contributed by atoms with van der Waals surface area (Å²) in [5, 5.41) is 8.63. The normalized spacial score (nSPS) is 19.0. The number of furan rings is 1. The summed E-state index contributed by atoms with van der Waals surface area (Å²) in [4.78, 5) is 66.5. The van der Waals surface area contributed by atoms with Crippen LogP contribution >= 0.6 is 0 Å². The van der Waals surface area contributed by atoms with E-state index in [4.69, 9.17) is 10.2 Å². The lowest BCUT2D eigenvalue weighted by atomic mass is 9.83. The molecule has 3 rings (SSSR count). The number of amides is 5. The van der Waals surface area contributed by atoms with Crippen LogP contribution < -0.4 is 21.7 Å². The van der Waals surface area contributed by atoms with Gasteiger partial charge >= 0.3 is 6.03 Å². The molecule has 1 aromatic rings. The molecule has 0 saturated heterocycles. The van der Waals surface area contributed by atoms with E-state index in [1.165, 1.54) is 11.2 Å². The summed E-state index contributed by atoms with van der Waals surface area (Å²) in [6.45, 7) is 9.16. The Labute approximate surface area is 268 Å². The molecule has 2 aliphatic carbocycles. The van der Waals surface area contributed by atoms with E-state index < -0.39 is 69.4 Å². The zero-order valence-electron chi connectivity index (χ0n) is 27.3. The Bertz CT molecular complexity index is 1220. The number of nitrogens with zero attached hydrogens (tertiary/aromatic N) is 1. The quantitative estimate of drug-likeness (QED) is 0.199. The zero-order valence-corrected chi connectivity index (χ0v) is 28.1. The van der Waals surface area contributed by atoms with Crippen molar-refractivity contribution in [2.75, 3.05) is 12.3 Å². The number of nitrogens with one attached hydrogen (secondary N) is 3. The Hall–Kier alpha value is -3.22. The van der Waals surface area contributed by atoms with Crippen LogP contribution in [0.2, 0.25) is 0 Å². The van der Waals surface area contributed by atoms with Crippen LogP contribution in [0.25, 0.3) is 0 Å². The molecule has 0 aromatic carbocycles. The standard InChI is InChI=1S/C32H51N5O7S/c1-6-16-37(21(2)28(40)34-24(18-22-12-13-22)25(38)27(33)39)29(41)26(31(3,4)5)35-30(42)36-32(14-8-7-9-15-32)20-45(43)19-23-11-10-17-44-23/h10-11,17,21-22,24,26H,6-9,12-16,18-20H2,1-5H3,(H2,33,39)(H,34,40)(H2,35,36,42)/t21-,24?,26+,45?/m0/s1. The maximum Gasteiger partial charge on any atom is 0.315 e. The number of hydrogen-bond donors (Lipinski definition) is 4. The third-order valence-corrected chi connectivity index (χ3v) is 10.1. The summed E-state index contributed by atoms with van der Waals surface area (Å²) in [5.41, 5.74) is 3.82. The van der Waals surface area contributed by atoms with Crippen molar-refractivity contribution in [2.45, 2.75) is 122 Å². The van der Waals surface area contributed by atoms with E-state index >= 15 is 0 Å². The Kier molecular flexibility index (Phi) is 12.8. The molecule has 5 N–H and O–H groups in total. The molecule has 13 heteroatoms. The van der Waals surface area contributed by atoms with E-state index in [2.05, 4.69) is 16.0 Å². The molecular formula is C32H51N5O7S. The summed E-state index contributed by atoms with van der Waals surface area (Å²) in [6, 6.07) is -0.0397. The van der Waals surface area contributed by atoms with Crippen LogP contribution in [-0.2, 0) is 35.7 Å². The molecule has 4 atom stereocenters. The van der Waals surface area contributed by atoms with Crippen molar-refractivity contribution >= 4 is 40.3 Å². The molecule has 1 aromatic heterocycles. The molecule has 252 valence electrons. The molecule has 0 bridgehead atoms. The Morgan fingerprint density at radius 1 is 1.11 bits per heavy atom. The Morgan fingerprint density at radius 2 is 1.78 bits per heavy atom. The molecule has 0 spiro atoms. The fraction of sp³-hybridized carbons (Fsp3) is 0.719. The third kappa shape index (κ3) is 10.7. The van der Waals surface area contributed by atoms with E-state index in [0.29, 0.717) is 31.4 Å². The van der Waals surface area contributed by atoms with E-state index in [-0.39, 0.29) is 24.0 Å². The topological polar surface area (TPSA) is 181 Å². The Morgan fingerprint density at radius 3 is 2.31 bits per heavy atom. The summed E-state index contributed by atoms with van der Waals surface area (Å²) in [7, 11) is -1.28. The highest BCUT2D eigenvalue weighted by Crippen LogP contribution is 2.34. The molecular weight excluding hydrogens is 598 g/mol. The van der Waals surface area contributed by atoms with Gasteiger partial charge in [0.15, 0.2) is 0 Å². The first kappa shape index (κ1) is 36.3. The van der Waals surface area contributed by atoms with Crippen LogP contribution in [0.4, 0.5) is 4.79 Å². The fourth-order valence-corrected chi connectivity index (χ4v) is 7.49. The number of rotatable bonds is 16. The number of Topliss-reactive ketones (excluding diaryl/α,β-unsaturated/α-hetero) is 1. The number of primary amides is 1. The minimum absolute atomic E-state index is 0.232. The smallest absolute Gasteiger partial charge is 0.315 e. The predicted octanol–water partition coefficient (Wildman–Crippen LogP) is 2.91. The number of carbonyl (C=O) groups is 5. The number of ketones is 1. The van der Waals surface area contributed by atoms with Crippen molar-refractivity contribution in [3.8, 4) is 0 Å². The summed E-state index contributed by atoms with van der Waals surface area (Å²) in [6.07, 6.45) is 8.37. The molecule has 2 unspecified atom stereocenters. The van der Waals surface area contributed by atoms with Gasteiger partial charge in [-0.3, -0.25) is 23.4 Å². The van der Waals surface area contributed by atoms with Gasteiger partial charge in [0.1, 0.15) is 17.8 Å². The highest BCUT2D eigenvalue weighted by molar-refractivity contribution is 7.84. The van der Waals surface area contributed by atoms with Gasteiger partial charge in [0.25, 0.3) is 5.91 Å². The molecule has 0 radical (unpaired) electrons. The first-order chi connectivity index (χ1) is 21.2. The number of hydrogen-bond acceptors (Lipinski definition) is 7. The molecule has 5 amide bonds. The molecule has 2 aliphatic rings. The molecule has 2 fully saturated rings. The highest BCUT2D eigenvalue weighted by Gasteiger charge is 2.42. The van der Waals surface area contributed by atoms with Crippen molar-refractivity contribution in [1.29, 1.82) is 0 Å². The predicted molar refractivity (Wildman–Crippen MR) is 171 cm³/mol. The van der Waals surface area contributed by atoms with Gasteiger partial charge < -0.3 is 31.0 Å². The molecule has 1 heterocycles. The van der Waals surface area contributed by atoms with Gasteiger partial charge in [0, 0.05) is 23.1 Å². The van der Waals surface area contributed by atoms with Crippen LogP contribution in [0.15, 0.2) is 22.8 Å². The van der Waals surface area contributed by atoms with Crippen molar-refractivity contribution in [3.05, 3.63) is 24.2 Å². The second kappa shape index (κ2) is 15.9. The monoisotopic (exact) mass is 649 g/mol. The van der Waals surface area contributed by atoms with Crippen LogP contribution in [-0.4, -0.2) is 74.6 Å². The van der Waals surface area contributed by atoms with Gasteiger partial charge in [0.2, 0.25) is 17.6 Å². The van der Waals surface area contributed by atoms with Crippen molar-refractivity contribution in [3.63, 3.8) is 0 Å². The molecule has 45 heavy (non-hydrogen) atoms. The van der Waals surface area contributed by atoms with Crippen molar-refractivity contribution < 1.29 is 32.6 Å². The third-order valence-electron chi connectivity index (χ3n) is 8.63. The van der Waals surface area contributed by atoms with E-state index in [9.17, 15) is 28.2 Å². The maximum absolute atomic E-state index is 14.1. The van der Waals surface area contributed by atoms with Crippen molar-refractivity contribution in [1.82, 2.24) is 20.9 Å². The van der Waals surface area contributed by atoms with Gasteiger partial charge in [-0.1, -0.05) is 59.8 Å². The van der Waals surface area contributed by atoms with Crippen molar-refractivity contribution in [2.24, 2.45) is 17.1 Å². The largest absolute Gasteiger partial charge is 0.468 e. The van der Waals surface area contributed by atoms with Gasteiger partial charge in [-0.25, -0.2) is 4.79 Å². The SMILES string of the molecule is CCCN(C(=O)[C@@H](NC(=O)NC1(CS(=O)Cc2ccco2)CCCCC1)C(C)(C)C)[C@@H](C)C(=O)NC(CC1CC1)C(=O)C(N)=O. The van der Waals surface area contributed by atoms with Gasteiger partial charge in [-0.2, -0.15) is 0 Å². The number of carbonyl (C=O) groups excluding carboxylic acids is 5. The molecule has 0 aliphatic heterocycles. The minimum Gasteiger partial charge on any atom is -0.468 e. The zero-order chi connectivity index (χ0) is 33.4. The number of nitrogens with two attached hydrogens (primary N) is 1. The van der Waals surface area contributed by atoms with Gasteiger partial charge in [-0.05, 0) is 56.1 Å². The summed E-state index contributed by atoms with van der Waals surface area (Å²) in [5.74, 6) is -1.61. The van der Waals surface area contributed by atoms with Gasteiger partial charge in [0.05, 0.1) is 23.6 Å². The highest BCUT2D eigenvalue weighted by atomic mass is 32.2. The lowest BCUT2D eigenvalue weighted by Gasteiger charge is -2.40. The lowest BCUT2D eigenvalue weighted by molar-refractivity contribution is -0.144. The summed E-state index contributed by atoms with van der Waals surface area (Å²) < 4.78 is 18.5. The fourth-order valence-electron chi connectivity index (χ4n) is 5.93. The first-order valence-corrected chi connectivity index (χ1v) is 17.5. The van der Waals surface area contributed by atoms with Gasteiger partial charge in [-0.15, -0.1) is 0 Å². The van der Waals surface area contributed by atoms with Crippen LogP contribution in [0.1, 0.15) is 98.2 Å². The maximum atomic E-state index is 14.1. The Balaban J connectivity index is 1.74. The van der Waals surface area contributed by atoms with Crippen LogP contribution in [0.3, 0.4) is 0 Å². The molecule has 2 saturated carbocycles. The molecule has 12 nitrogen and oxygen atoms in total. The summed E-state index contributed by atoms with van der Waals surface area (Å²) >= 11 is 0. The number of urea groups is 1. The lowest BCUT2D eigenvalue weighted by Crippen LogP contribution is -2.63. The minimum atomic E-state index is -1.28.